The molecule has 0 amide bonds. The standard InChI is InChI=1S/C20H32F3N5O/c1-24-19(26-9-15-29-2)25-8-3-4-10-27-11-13-28(14-12-27)18-7-5-6-17(16-18)20(21,22)23/h5-7,16H,3-4,8-15H2,1-2H3,(H2,24,25,26). The van der Waals surface area contributed by atoms with Crippen LogP contribution in [0.3, 0.4) is 0 Å². The highest BCUT2D eigenvalue weighted by Gasteiger charge is 2.31. The number of alkyl halides is 3. The molecule has 2 rings (SSSR count). The molecule has 0 saturated carbocycles. The van der Waals surface area contributed by atoms with Crippen molar-refractivity contribution in [1.82, 2.24) is 15.5 Å². The summed E-state index contributed by atoms with van der Waals surface area (Å²) in [5.41, 5.74) is 0.0626. The van der Waals surface area contributed by atoms with E-state index in [2.05, 4.69) is 20.5 Å². The Bertz CT molecular complexity index is 631. The van der Waals surface area contributed by atoms with E-state index in [0.717, 1.165) is 64.1 Å². The smallest absolute Gasteiger partial charge is 0.383 e. The number of rotatable bonds is 9. The number of piperazine rings is 1. The first kappa shape index (κ1) is 23.3. The van der Waals surface area contributed by atoms with Gasteiger partial charge in [0.2, 0.25) is 0 Å². The van der Waals surface area contributed by atoms with Gasteiger partial charge in [-0.2, -0.15) is 13.2 Å². The van der Waals surface area contributed by atoms with Gasteiger partial charge in [0.05, 0.1) is 12.2 Å². The van der Waals surface area contributed by atoms with E-state index in [1.165, 1.54) is 12.1 Å². The van der Waals surface area contributed by atoms with Crippen LogP contribution in [0.1, 0.15) is 18.4 Å². The van der Waals surface area contributed by atoms with Crippen LogP contribution in [0.2, 0.25) is 0 Å². The topological polar surface area (TPSA) is 52.1 Å². The number of nitrogens with zero attached hydrogens (tertiary/aromatic N) is 3. The number of methoxy groups -OCH3 is 1. The maximum Gasteiger partial charge on any atom is 0.416 e. The summed E-state index contributed by atoms with van der Waals surface area (Å²) >= 11 is 0. The molecular weight excluding hydrogens is 383 g/mol. The third-order valence-electron chi connectivity index (χ3n) is 4.93. The lowest BCUT2D eigenvalue weighted by atomic mass is 10.1. The number of hydrogen-bond donors (Lipinski definition) is 2. The average Bonchev–Trinajstić information content (AvgIpc) is 2.72. The van der Waals surface area contributed by atoms with Crippen LogP contribution in [0.4, 0.5) is 18.9 Å². The summed E-state index contributed by atoms with van der Waals surface area (Å²) in [5, 5.41) is 6.45. The molecule has 0 spiro atoms. The minimum absolute atomic E-state index is 0.586. The summed E-state index contributed by atoms with van der Waals surface area (Å²) in [6, 6.07) is 5.60. The molecule has 29 heavy (non-hydrogen) atoms. The van der Waals surface area contributed by atoms with E-state index >= 15 is 0 Å². The highest BCUT2D eigenvalue weighted by atomic mass is 19.4. The predicted octanol–water partition coefficient (Wildman–Crippen LogP) is 2.42. The maximum atomic E-state index is 12.9. The van der Waals surface area contributed by atoms with Crippen molar-refractivity contribution in [2.75, 3.05) is 71.5 Å². The van der Waals surface area contributed by atoms with Crippen LogP contribution in [0, 0.1) is 0 Å². The Morgan fingerprint density at radius 2 is 1.83 bits per heavy atom. The van der Waals surface area contributed by atoms with Crippen molar-refractivity contribution in [1.29, 1.82) is 0 Å². The van der Waals surface area contributed by atoms with Crippen LogP contribution in [0.5, 0.6) is 0 Å². The Kier molecular flexibility index (Phi) is 9.53. The third kappa shape index (κ3) is 8.10. The molecule has 0 atom stereocenters. The van der Waals surface area contributed by atoms with Gasteiger partial charge in [0, 0.05) is 59.1 Å². The van der Waals surface area contributed by atoms with E-state index in [-0.39, 0.29) is 0 Å². The zero-order chi connectivity index (χ0) is 21.1. The number of aliphatic imine (C=N–C) groups is 1. The van der Waals surface area contributed by atoms with Gasteiger partial charge in [-0.25, -0.2) is 0 Å². The summed E-state index contributed by atoms with van der Waals surface area (Å²) in [6.07, 6.45) is -2.21. The fraction of sp³-hybridized carbons (Fsp3) is 0.650. The Morgan fingerprint density at radius 3 is 2.48 bits per heavy atom. The normalized spacial score (nSPS) is 16.2. The lowest BCUT2D eigenvalue weighted by molar-refractivity contribution is -0.137. The second kappa shape index (κ2) is 11.9. The van der Waals surface area contributed by atoms with Crippen LogP contribution >= 0.6 is 0 Å². The van der Waals surface area contributed by atoms with Crippen molar-refractivity contribution in [3.63, 3.8) is 0 Å². The van der Waals surface area contributed by atoms with E-state index < -0.39 is 11.7 Å². The van der Waals surface area contributed by atoms with E-state index in [0.29, 0.717) is 18.8 Å². The fourth-order valence-electron chi connectivity index (χ4n) is 3.27. The van der Waals surface area contributed by atoms with Crippen LogP contribution in [0.25, 0.3) is 0 Å². The predicted molar refractivity (Wildman–Crippen MR) is 111 cm³/mol. The summed E-state index contributed by atoms with van der Waals surface area (Å²) in [7, 11) is 3.41. The van der Waals surface area contributed by atoms with Crippen LogP contribution in [0.15, 0.2) is 29.3 Å². The Hall–Kier alpha value is -2.00. The van der Waals surface area contributed by atoms with E-state index in [1.54, 1.807) is 20.2 Å². The lowest BCUT2D eigenvalue weighted by Crippen LogP contribution is -2.46. The molecule has 1 fully saturated rings. The van der Waals surface area contributed by atoms with Gasteiger partial charge in [0.1, 0.15) is 0 Å². The maximum absolute atomic E-state index is 12.9. The summed E-state index contributed by atoms with van der Waals surface area (Å²) in [5.74, 6) is 0.775. The molecule has 1 aromatic carbocycles. The molecule has 0 unspecified atom stereocenters. The summed E-state index contributed by atoms with van der Waals surface area (Å²) in [4.78, 5) is 8.56. The third-order valence-corrected chi connectivity index (χ3v) is 4.93. The van der Waals surface area contributed by atoms with Gasteiger partial charge in [-0.3, -0.25) is 9.89 Å². The highest BCUT2D eigenvalue weighted by molar-refractivity contribution is 5.79. The van der Waals surface area contributed by atoms with Crippen molar-refractivity contribution in [3.8, 4) is 0 Å². The van der Waals surface area contributed by atoms with Crippen molar-refractivity contribution < 1.29 is 17.9 Å². The minimum atomic E-state index is -4.30. The van der Waals surface area contributed by atoms with Crippen LogP contribution < -0.4 is 15.5 Å². The molecule has 2 N–H and O–H groups in total. The molecular formula is C20H32F3N5O. The Balaban J connectivity index is 1.64. The van der Waals surface area contributed by atoms with Gasteiger partial charge in [0.15, 0.2) is 5.96 Å². The zero-order valence-corrected chi connectivity index (χ0v) is 17.3. The summed E-state index contributed by atoms with van der Waals surface area (Å²) in [6.45, 7) is 6.41. The minimum Gasteiger partial charge on any atom is -0.383 e. The van der Waals surface area contributed by atoms with E-state index in [1.807, 2.05) is 4.90 Å². The number of benzene rings is 1. The number of ether oxygens (including phenoxy) is 1. The van der Waals surface area contributed by atoms with Gasteiger partial charge >= 0.3 is 6.18 Å². The number of anilines is 1. The number of hydrogen-bond acceptors (Lipinski definition) is 4. The number of unbranched alkanes of at least 4 members (excludes halogenated alkanes) is 1. The van der Waals surface area contributed by atoms with E-state index in [4.69, 9.17) is 4.74 Å². The van der Waals surface area contributed by atoms with Crippen LogP contribution in [-0.4, -0.2) is 77.4 Å². The molecule has 6 nitrogen and oxygen atoms in total. The molecule has 1 heterocycles. The number of nitrogens with one attached hydrogen (secondary N) is 2. The molecule has 0 aromatic heterocycles. The number of guanidine groups is 1. The van der Waals surface area contributed by atoms with E-state index in [9.17, 15) is 13.2 Å². The van der Waals surface area contributed by atoms with Crippen molar-refractivity contribution in [2.45, 2.75) is 19.0 Å². The van der Waals surface area contributed by atoms with Gasteiger partial charge < -0.3 is 20.3 Å². The Labute approximate surface area is 171 Å². The lowest BCUT2D eigenvalue weighted by Gasteiger charge is -2.36. The summed E-state index contributed by atoms with van der Waals surface area (Å²) < 4.78 is 43.7. The van der Waals surface area contributed by atoms with Crippen molar-refractivity contribution in [2.24, 2.45) is 4.99 Å². The van der Waals surface area contributed by atoms with Gasteiger partial charge in [0.25, 0.3) is 0 Å². The van der Waals surface area contributed by atoms with Crippen molar-refractivity contribution in [3.05, 3.63) is 29.8 Å². The first-order valence-electron chi connectivity index (χ1n) is 10.0. The SMILES string of the molecule is CN=C(NCCCCN1CCN(c2cccc(C(F)(F)F)c2)CC1)NCCOC. The Morgan fingerprint density at radius 1 is 1.10 bits per heavy atom. The quantitative estimate of drug-likeness (QED) is 0.369. The molecule has 1 aromatic rings. The molecule has 9 heteroatoms. The molecule has 0 bridgehead atoms. The van der Waals surface area contributed by atoms with Crippen LogP contribution in [-0.2, 0) is 10.9 Å². The number of halogens is 3. The van der Waals surface area contributed by atoms with Gasteiger partial charge in [-0.05, 0) is 37.6 Å². The first-order chi connectivity index (χ1) is 13.9. The van der Waals surface area contributed by atoms with Crippen molar-refractivity contribution >= 4 is 11.6 Å². The fourth-order valence-corrected chi connectivity index (χ4v) is 3.27. The molecule has 1 saturated heterocycles. The molecule has 0 radical (unpaired) electrons. The van der Waals surface area contributed by atoms with Gasteiger partial charge in [-0.1, -0.05) is 6.07 Å². The average molecular weight is 416 g/mol. The molecule has 164 valence electrons. The highest BCUT2D eigenvalue weighted by Crippen LogP contribution is 2.31. The zero-order valence-electron chi connectivity index (χ0n) is 17.3. The molecule has 1 aliphatic heterocycles. The second-order valence-corrected chi connectivity index (χ2v) is 7.00. The second-order valence-electron chi connectivity index (χ2n) is 7.00. The van der Waals surface area contributed by atoms with Gasteiger partial charge in [-0.15, -0.1) is 0 Å². The largest absolute Gasteiger partial charge is 0.416 e. The monoisotopic (exact) mass is 415 g/mol. The molecule has 1 aliphatic rings. The molecule has 0 aliphatic carbocycles. The first-order valence-corrected chi connectivity index (χ1v) is 10.0.